The highest BCUT2D eigenvalue weighted by Crippen LogP contribution is 2.35. The highest BCUT2D eigenvalue weighted by Gasteiger charge is 2.53. The number of aliphatic hydroxyl groups excluding tert-OH is 3. The van der Waals surface area contributed by atoms with Crippen LogP contribution in [0.2, 0.25) is 0 Å². The average Bonchev–Trinajstić information content (AvgIpc) is 2.84. The van der Waals surface area contributed by atoms with Crippen molar-refractivity contribution in [3.8, 4) is 0 Å². The zero-order valence-corrected chi connectivity index (χ0v) is 13.6. The lowest BCUT2D eigenvalue weighted by molar-refractivity contribution is -0.321. The minimum Gasteiger partial charge on any atom is -0.394 e. The zero-order chi connectivity index (χ0) is 16.7. The highest BCUT2D eigenvalue weighted by atomic mass is 16.7. The molecule has 3 fully saturated rings. The first-order chi connectivity index (χ1) is 11.0. The minimum absolute atomic E-state index is 0.180. The van der Waals surface area contributed by atoms with Crippen molar-refractivity contribution in [3.05, 3.63) is 0 Å². The van der Waals surface area contributed by atoms with Gasteiger partial charge in [-0.2, -0.15) is 0 Å². The van der Waals surface area contributed by atoms with Crippen LogP contribution in [0.4, 0.5) is 0 Å². The molecule has 134 valence electrons. The van der Waals surface area contributed by atoms with Gasteiger partial charge in [0.25, 0.3) is 0 Å². The number of fused-ring (bicyclic) bond motifs is 2. The van der Waals surface area contributed by atoms with Crippen molar-refractivity contribution in [2.45, 2.75) is 69.0 Å². The molecule has 0 amide bonds. The summed E-state index contributed by atoms with van der Waals surface area (Å²) < 4.78 is 28.2. The lowest BCUT2D eigenvalue weighted by Crippen LogP contribution is -2.60. The molecule has 0 spiro atoms. The Morgan fingerprint density at radius 3 is 2.48 bits per heavy atom. The molecule has 23 heavy (non-hydrogen) atoms. The van der Waals surface area contributed by atoms with Gasteiger partial charge in [-0.25, -0.2) is 0 Å². The molecule has 0 radical (unpaired) electrons. The second-order valence-corrected chi connectivity index (χ2v) is 6.54. The van der Waals surface area contributed by atoms with Gasteiger partial charge in [-0.15, -0.1) is 0 Å². The normalized spacial score (nSPS) is 53.5. The zero-order valence-electron chi connectivity index (χ0n) is 13.6. The number of ether oxygens (including phenoxy) is 5. The van der Waals surface area contributed by atoms with Crippen molar-refractivity contribution in [1.29, 1.82) is 0 Å². The van der Waals surface area contributed by atoms with Crippen LogP contribution < -0.4 is 0 Å². The van der Waals surface area contributed by atoms with Gasteiger partial charge in [-0.05, 0) is 6.92 Å². The third-order valence-electron chi connectivity index (χ3n) is 5.12. The van der Waals surface area contributed by atoms with E-state index in [4.69, 9.17) is 23.7 Å². The van der Waals surface area contributed by atoms with E-state index in [0.717, 1.165) is 0 Å². The quantitative estimate of drug-likeness (QED) is 0.579. The summed E-state index contributed by atoms with van der Waals surface area (Å²) in [5, 5.41) is 30.1. The molecule has 8 heteroatoms. The van der Waals surface area contributed by atoms with Crippen molar-refractivity contribution in [1.82, 2.24) is 0 Å². The Morgan fingerprint density at radius 1 is 1.09 bits per heavy atom. The first kappa shape index (κ1) is 17.5. The summed E-state index contributed by atoms with van der Waals surface area (Å²) >= 11 is 0. The van der Waals surface area contributed by atoms with Crippen LogP contribution in [0.25, 0.3) is 0 Å². The molecule has 3 saturated heterocycles. The van der Waals surface area contributed by atoms with Gasteiger partial charge in [0.15, 0.2) is 6.29 Å². The van der Waals surface area contributed by atoms with Crippen LogP contribution in [0.15, 0.2) is 0 Å². The Hall–Kier alpha value is -0.320. The molecule has 0 aromatic carbocycles. The molecule has 3 aliphatic heterocycles. The summed E-state index contributed by atoms with van der Waals surface area (Å²) in [5.41, 5.74) is 0. The molecule has 3 N–H and O–H groups in total. The fourth-order valence-electron chi connectivity index (χ4n) is 3.69. The maximum Gasteiger partial charge on any atom is 0.187 e. The van der Waals surface area contributed by atoms with Crippen LogP contribution in [0.3, 0.4) is 0 Å². The molecule has 0 aromatic rings. The number of hydrogen-bond donors (Lipinski definition) is 3. The summed E-state index contributed by atoms with van der Waals surface area (Å²) in [4.78, 5) is 0. The van der Waals surface area contributed by atoms with Crippen molar-refractivity contribution in [3.63, 3.8) is 0 Å². The Bertz CT molecular complexity index is 407. The predicted octanol–water partition coefficient (Wildman–Crippen LogP) is -1.35. The average molecular weight is 334 g/mol. The smallest absolute Gasteiger partial charge is 0.187 e. The van der Waals surface area contributed by atoms with Crippen LogP contribution in [-0.4, -0.2) is 90.8 Å². The van der Waals surface area contributed by atoms with E-state index in [9.17, 15) is 15.3 Å². The number of aliphatic hydroxyl groups is 3. The van der Waals surface area contributed by atoms with E-state index in [2.05, 4.69) is 0 Å². The number of hydrogen-bond acceptors (Lipinski definition) is 8. The fraction of sp³-hybridized carbons (Fsp3) is 1.00. The van der Waals surface area contributed by atoms with E-state index in [1.54, 1.807) is 6.92 Å². The monoisotopic (exact) mass is 334 g/mol. The van der Waals surface area contributed by atoms with Crippen LogP contribution in [0.1, 0.15) is 13.8 Å². The van der Waals surface area contributed by atoms with Crippen LogP contribution in [0.5, 0.6) is 0 Å². The van der Waals surface area contributed by atoms with E-state index in [1.807, 2.05) is 6.92 Å². The lowest BCUT2D eigenvalue weighted by atomic mass is 9.90. The second kappa shape index (κ2) is 6.89. The maximum absolute atomic E-state index is 10.5. The molecule has 2 bridgehead atoms. The SMILES string of the molecule is COC1C(C)C(CO)OC(OC2C3COC2C(O)C(C)O3)C1O. The first-order valence-corrected chi connectivity index (χ1v) is 8.05. The predicted molar refractivity (Wildman–Crippen MR) is 76.7 cm³/mol. The summed E-state index contributed by atoms with van der Waals surface area (Å²) in [6.07, 6.45) is -5.51. The van der Waals surface area contributed by atoms with Gasteiger partial charge in [-0.1, -0.05) is 6.92 Å². The Morgan fingerprint density at radius 2 is 1.83 bits per heavy atom. The third kappa shape index (κ3) is 3.03. The molecule has 0 aliphatic carbocycles. The van der Waals surface area contributed by atoms with Crippen molar-refractivity contribution >= 4 is 0 Å². The van der Waals surface area contributed by atoms with Gasteiger partial charge in [0.05, 0.1) is 31.5 Å². The van der Waals surface area contributed by atoms with E-state index >= 15 is 0 Å². The lowest BCUT2D eigenvalue weighted by Gasteiger charge is -2.45. The third-order valence-corrected chi connectivity index (χ3v) is 5.12. The van der Waals surface area contributed by atoms with Gasteiger partial charge in [0.1, 0.15) is 30.5 Å². The second-order valence-electron chi connectivity index (χ2n) is 6.54. The molecule has 3 heterocycles. The van der Waals surface area contributed by atoms with Gasteiger partial charge >= 0.3 is 0 Å². The topological polar surface area (TPSA) is 107 Å². The molecule has 0 saturated carbocycles. The standard InChI is InChI=1S/C15H26O8/c1-6-8(4-16)22-15(11(18)12(6)19-3)23-13-9-5-20-14(13)10(17)7(2)21-9/h6-18H,4-5H2,1-3H3. The molecule has 0 aromatic heterocycles. The van der Waals surface area contributed by atoms with Crippen molar-refractivity contribution in [2.24, 2.45) is 5.92 Å². The van der Waals surface area contributed by atoms with E-state index in [1.165, 1.54) is 7.11 Å². The van der Waals surface area contributed by atoms with Crippen molar-refractivity contribution < 1.29 is 39.0 Å². The summed E-state index contributed by atoms with van der Waals surface area (Å²) in [7, 11) is 1.50. The van der Waals surface area contributed by atoms with E-state index in [0.29, 0.717) is 6.61 Å². The Kier molecular flexibility index (Phi) is 5.24. The largest absolute Gasteiger partial charge is 0.394 e. The van der Waals surface area contributed by atoms with Gasteiger partial charge in [-0.3, -0.25) is 0 Å². The minimum atomic E-state index is -1.01. The molecule has 8 nitrogen and oxygen atoms in total. The molecule has 3 rings (SSSR count). The van der Waals surface area contributed by atoms with Gasteiger partial charge in [0, 0.05) is 13.0 Å². The first-order valence-electron chi connectivity index (χ1n) is 8.05. The van der Waals surface area contributed by atoms with Crippen LogP contribution in [0, 0.1) is 5.92 Å². The highest BCUT2D eigenvalue weighted by molar-refractivity contribution is 4.98. The molecular formula is C15H26O8. The summed E-state index contributed by atoms with van der Waals surface area (Å²) in [6, 6.07) is 0. The van der Waals surface area contributed by atoms with Gasteiger partial charge in [0.2, 0.25) is 0 Å². The molecule has 3 aliphatic rings. The fourth-order valence-corrected chi connectivity index (χ4v) is 3.69. The summed E-state index contributed by atoms with van der Waals surface area (Å²) in [6.45, 7) is 3.76. The van der Waals surface area contributed by atoms with Gasteiger partial charge < -0.3 is 39.0 Å². The molecular weight excluding hydrogens is 308 g/mol. The van der Waals surface area contributed by atoms with Crippen LogP contribution >= 0.6 is 0 Å². The molecule has 10 unspecified atom stereocenters. The Balaban J connectivity index is 1.72. The van der Waals surface area contributed by atoms with E-state index in [-0.39, 0.29) is 24.7 Å². The summed E-state index contributed by atoms with van der Waals surface area (Å²) in [5.74, 6) is -0.180. The van der Waals surface area contributed by atoms with Crippen molar-refractivity contribution in [2.75, 3.05) is 20.3 Å². The number of rotatable bonds is 4. The molecule has 10 atom stereocenters. The number of methoxy groups -OCH3 is 1. The van der Waals surface area contributed by atoms with Crippen LogP contribution in [-0.2, 0) is 23.7 Å². The Labute approximate surface area is 135 Å². The maximum atomic E-state index is 10.5. The van der Waals surface area contributed by atoms with E-state index < -0.39 is 42.9 Å².